The average molecular weight is 415 g/mol. The summed E-state index contributed by atoms with van der Waals surface area (Å²) in [5.41, 5.74) is 1.50. The summed E-state index contributed by atoms with van der Waals surface area (Å²) < 4.78 is 4.65. The third-order valence-electron chi connectivity index (χ3n) is 5.23. The molecule has 0 aliphatic carbocycles. The minimum atomic E-state index is -0.692. The molecule has 2 aromatic rings. The average Bonchev–Trinajstić information content (AvgIpc) is 3.40. The Morgan fingerprint density at radius 2 is 2.03 bits per heavy atom. The number of H-pyrrole nitrogens is 1. The van der Waals surface area contributed by atoms with E-state index in [1.807, 2.05) is 13.8 Å². The van der Waals surface area contributed by atoms with Crippen molar-refractivity contribution in [3.05, 3.63) is 46.4 Å². The van der Waals surface area contributed by atoms with Crippen LogP contribution >= 0.6 is 0 Å². The number of nitrogens with zero attached hydrogens (tertiary/aromatic N) is 3. The second kappa shape index (κ2) is 8.93. The Morgan fingerprint density at radius 1 is 1.33 bits per heavy atom. The van der Waals surface area contributed by atoms with Gasteiger partial charge in [0.05, 0.1) is 30.0 Å². The summed E-state index contributed by atoms with van der Waals surface area (Å²) in [6, 6.07) is 5.26. The fourth-order valence-corrected chi connectivity index (χ4v) is 3.61. The Morgan fingerprint density at radius 3 is 2.63 bits per heavy atom. The van der Waals surface area contributed by atoms with E-state index in [-0.39, 0.29) is 23.6 Å². The first-order valence-corrected chi connectivity index (χ1v) is 9.76. The zero-order valence-corrected chi connectivity index (χ0v) is 17.1. The highest BCUT2D eigenvalue weighted by Crippen LogP contribution is 2.32. The van der Waals surface area contributed by atoms with E-state index >= 15 is 0 Å². The van der Waals surface area contributed by atoms with Gasteiger partial charge in [-0.1, -0.05) is 13.8 Å². The lowest BCUT2D eigenvalue weighted by molar-refractivity contribution is -0.384. The normalized spacial score (nSPS) is 17.1. The van der Waals surface area contributed by atoms with Gasteiger partial charge in [0, 0.05) is 24.2 Å². The van der Waals surface area contributed by atoms with Crippen molar-refractivity contribution >= 4 is 17.7 Å². The zero-order valence-electron chi connectivity index (χ0n) is 17.1. The van der Waals surface area contributed by atoms with Gasteiger partial charge in [0.15, 0.2) is 0 Å². The fraction of sp³-hybridized carbons (Fsp3) is 0.450. The summed E-state index contributed by atoms with van der Waals surface area (Å²) in [7, 11) is 1.26. The van der Waals surface area contributed by atoms with Crippen molar-refractivity contribution in [1.82, 2.24) is 20.2 Å². The number of carbonyl (C=O) groups excluding carboxylic acids is 2. The molecule has 2 atom stereocenters. The predicted octanol–water partition coefficient (Wildman–Crippen LogP) is 3.03. The lowest BCUT2D eigenvalue weighted by atomic mass is 10.0. The molecular weight excluding hydrogens is 390 g/mol. The number of alkyl carbamates (subject to hydrolysis) is 1. The van der Waals surface area contributed by atoms with E-state index < -0.39 is 17.1 Å². The van der Waals surface area contributed by atoms with Crippen molar-refractivity contribution in [2.45, 2.75) is 38.8 Å². The van der Waals surface area contributed by atoms with Gasteiger partial charge in [0.25, 0.3) is 5.69 Å². The van der Waals surface area contributed by atoms with Crippen LogP contribution in [-0.4, -0.2) is 51.5 Å². The molecule has 2 heterocycles. The molecule has 160 valence electrons. The Bertz CT molecular complexity index is 924. The molecule has 30 heavy (non-hydrogen) atoms. The molecule has 0 unspecified atom stereocenters. The zero-order chi connectivity index (χ0) is 21.8. The fourth-order valence-electron chi connectivity index (χ4n) is 3.61. The molecular formula is C20H25N5O5. The van der Waals surface area contributed by atoms with E-state index in [0.29, 0.717) is 18.1 Å². The molecule has 0 radical (unpaired) electrons. The Labute approximate surface area is 173 Å². The molecule has 1 aromatic heterocycles. The molecule has 1 aliphatic heterocycles. The van der Waals surface area contributed by atoms with E-state index in [0.717, 1.165) is 18.4 Å². The van der Waals surface area contributed by atoms with Crippen LogP contribution in [-0.2, 0) is 9.53 Å². The third-order valence-corrected chi connectivity index (χ3v) is 5.23. The monoisotopic (exact) mass is 415 g/mol. The second-order valence-corrected chi connectivity index (χ2v) is 7.53. The molecule has 2 N–H and O–H groups in total. The molecule has 1 fully saturated rings. The topological polar surface area (TPSA) is 130 Å². The van der Waals surface area contributed by atoms with Crippen LogP contribution in [0.5, 0.6) is 0 Å². The number of rotatable bonds is 6. The molecule has 1 aliphatic rings. The van der Waals surface area contributed by atoms with Crippen molar-refractivity contribution in [3.63, 3.8) is 0 Å². The molecule has 0 bridgehead atoms. The Balaban J connectivity index is 1.79. The number of nitro groups is 1. The summed E-state index contributed by atoms with van der Waals surface area (Å²) in [5.74, 6) is 0.367. The Hall–Kier alpha value is -3.43. The van der Waals surface area contributed by atoms with Gasteiger partial charge >= 0.3 is 6.09 Å². The summed E-state index contributed by atoms with van der Waals surface area (Å²) >= 11 is 0. The van der Waals surface area contributed by atoms with E-state index in [2.05, 4.69) is 20.0 Å². The van der Waals surface area contributed by atoms with Gasteiger partial charge in [-0.15, -0.1) is 0 Å². The number of aromatic nitrogens is 2. The first-order chi connectivity index (χ1) is 14.3. The largest absolute Gasteiger partial charge is 0.453 e. The van der Waals surface area contributed by atoms with Gasteiger partial charge in [0.1, 0.15) is 11.9 Å². The minimum Gasteiger partial charge on any atom is -0.453 e. The number of nitro benzene ring substituents is 1. The molecule has 1 saturated heterocycles. The molecule has 10 nitrogen and oxygen atoms in total. The Kier molecular flexibility index (Phi) is 6.34. The first-order valence-electron chi connectivity index (χ1n) is 9.76. The second-order valence-electron chi connectivity index (χ2n) is 7.53. The number of aromatic amines is 1. The number of carbonyl (C=O) groups is 2. The van der Waals surface area contributed by atoms with Gasteiger partial charge < -0.3 is 19.9 Å². The highest BCUT2D eigenvalue weighted by Gasteiger charge is 2.37. The summed E-state index contributed by atoms with van der Waals surface area (Å²) in [4.78, 5) is 44.6. The van der Waals surface area contributed by atoms with Crippen molar-refractivity contribution in [2.75, 3.05) is 13.7 Å². The van der Waals surface area contributed by atoms with Crippen molar-refractivity contribution < 1.29 is 19.2 Å². The number of nitrogens with one attached hydrogen (secondary N) is 2. The molecule has 10 heteroatoms. The maximum absolute atomic E-state index is 13.2. The number of likely N-dealkylation sites (tertiary alicyclic amines) is 1. The van der Waals surface area contributed by atoms with E-state index in [1.165, 1.54) is 19.2 Å². The van der Waals surface area contributed by atoms with Gasteiger partial charge in [-0.3, -0.25) is 14.9 Å². The highest BCUT2D eigenvalue weighted by molar-refractivity contribution is 5.86. The molecule has 3 rings (SSSR count). The standard InChI is InChI=1S/C20H25N5O5/c1-12(2)17(23-20(27)30-3)19(26)24-10-4-5-16(24)18-21-11-15(22-18)13-6-8-14(9-7-13)25(28)29/h6-9,11-12,16-17H,4-5,10H2,1-3H3,(H,21,22)(H,23,27)/t16-,17-/m0/s1. The molecule has 0 spiro atoms. The van der Waals surface area contributed by atoms with Crippen molar-refractivity contribution in [1.29, 1.82) is 0 Å². The molecule has 1 aromatic carbocycles. The van der Waals surface area contributed by atoms with Crippen LogP contribution in [0.4, 0.5) is 10.5 Å². The number of non-ortho nitro benzene ring substituents is 1. The highest BCUT2D eigenvalue weighted by atomic mass is 16.6. The SMILES string of the molecule is COC(=O)N[C@H](C(=O)N1CCC[C@H]1c1ncc(-c2ccc([N+](=O)[O-])cc2)[nH]1)C(C)C. The lowest BCUT2D eigenvalue weighted by Gasteiger charge is -2.30. The first kappa shape index (κ1) is 21.3. The third kappa shape index (κ3) is 4.42. The summed E-state index contributed by atoms with van der Waals surface area (Å²) in [6.45, 7) is 4.30. The van der Waals surface area contributed by atoms with Crippen LogP contribution < -0.4 is 5.32 Å². The van der Waals surface area contributed by atoms with E-state index in [4.69, 9.17) is 0 Å². The maximum atomic E-state index is 13.2. The van der Waals surface area contributed by atoms with Gasteiger partial charge in [-0.2, -0.15) is 0 Å². The summed E-state index contributed by atoms with van der Waals surface area (Å²) in [6.07, 6.45) is 2.59. The quantitative estimate of drug-likeness (QED) is 0.551. The van der Waals surface area contributed by atoms with Crippen LogP contribution in [0.15, 0.2) is 30.5 Å². The van der Waals surface area contributed by atoms with Crippen LogP contribution in [0.3, 0.4) is 0 Å². The number of hydrogen-bond donors (Lipinski definition) is 2. The molecule has 2 amide bonds. The number of hydrogen-bond acceptors (Lipinski definition) is 6. The van der Waals surface area contributed by atoms with Crippen LogP contribution in [0.1, 0.15) is 38.6 Å². The number of amides is 2. The number of ether oxygens (including phenoxy) is 1. The lowest BCUT2D eigenvalue weighted by Crippen LogP contribution is -2.51. The smallest absolute Gasteiger partial charge is 0.407 e. The van der Waals surface area contributed by atoms with Gasteiger partial charge in [-0.25, -0.2) is 9.78 Å². The number of benzene rings is 1. The van der Waals surface area contributed by atoms with Gasteiger partial charge in [0.2, 0.25) is 5.91 Å². The predicted molar refractivity (Wildman–Crippen MR) is 109 cm³/mol. The maximum Gasteiger partial charge on any atom is 0.407 e. The van der Waals surface area contributed by atoms with Gasteiger partial charge in [-0.05, 0) is 30.9 Å². The summed E-state index contributed by atoms with van der Waals surface area (Å²) in [5, 5.41) is 13.5. The number of imidazole rings is 1. The van der Waals surface area contributed by atoms with Crippen molar-refractivity contribution in [3.8, 4) is 11.3 Å². The van der Waals surface area contributed by atoms with E-state index in [9.17, 15) is 19.7 Å². The van der Waals surface area contributed by atoms with Crippen LogP contribution in [0.2, 0.25) is 0 Å². The van der Waals surface area contributed by atoms with Crippen LogP contribution in [0.25, 0.3) is 11.3 Å². The van der Waals surface area contributed by atoms with E-state index in [1.54, 1.807) is 23.2 Å². The number of methoxy groups -OCH3 is 1. The van der Waals surface area contributed by atoms with Crippen molar-refractivity contribution in [2.24, 2.45) is 5.92 Å². The van der Waals surface area contributed by atoms with Crippen LogP contribution in [0, 0.1) is 16.0 Å². The molecule has 0 saturated carbocycles. The minimum absolute atomic E-state index is 0.0175.